The summed E-state index contributed by atoms with van der Waals surface area (Å²) < 4.78 is 67.4. The Kier molecular flexibility index (Phi) is 4.49. The Morgan fingerprint density at radius 1 is 1.08 bits per heavy atom. The van der Waals surface area contributed by atoms with Crippen LogP contribution in [0.15, 0.2) is 66.0 Å². The number of rotatable bonds is 4. The molecule has 0 saturated carbocycles. The minimum atomic E-state index is -4.73. The van der Waals surface area contributed by atoms with Crippen LogP contribution < -0.4 is 4.72 Å². The molecular formula is C17H14F3N3O2S. The summed E-state index contributed by atoms with van der Waals surface area (Å²) in [5.41, 5.74) is 0.495. The van der Waals surface area contributed by atoms with Crippen molar-refractivity contribution >= 4 is 15.7 Å². The molecule has 0 atom stereocenters. The Labute approximate surface area is 148 Å². The van der Waals surface area contributed by atoms with Crippen molar-refractivity contribution < 1.29 is 21.6 Å². The number of halogens is 3. The van der Waals surface area contributed by atoms with E-state index in [1.54, 1.807) is 36.0 Å². The first-order chi connectivity index (χ1) is 12.1. The number of pyridine rings is 1. The van der Waals surface area contributed by atoms with Crippen molar-refractivity contribution in [3.8, 4) is 5.69 Å². The summed E-state index contributed by atoms with van der Waals surface area (Å²) in [5, 5.41) is 0. The van der Waals surface area contributed by atoms with E-state index in [2.05, 4.69) is 9.71 Å². The number of aromatic nitrogens is 2. The summed E-state index contributed by atoms with van der Waals surface area (Å²) >= 11 is 0. The number of nitrogens with zero attached hydrogens (tertiary/aromatic N) is 2. The topological polar surface area (TPSA) is 64.0 Å². The zero-order valence-corrected chi connectivity index (χ0v) is 14.3. The van der Waals surface area contributed by atoms with E-state index in [4.69, 9.17) is 0 Å². The van der Waals surface area contributed by atoms with E-state index in [1.165, 1.54) is 0 Å². The lowest BCUT2D eigenvalue weighted by Crippen LogP contribution is -2.15. The second-order valence-electron chi connectivity index (χ2n) is 5.63. The van der Waals surface area contributed by atoms with Crippen molar-refractivity contribution in [2.45, 2.75) is 18.0 Å². The maximum Gasteiger partial charge on any atom is 0.433 e. The highest BCUT2D eigenvalue weighted by molar-refractivity contribution is 7.92. The fourth-order valence-corrected chi connectivity index (χ4v) is 3.48. The molecule has 3 rings (SSSR count). The summed E-state index contributed by atoms with van der Waals surface area (Å²) in [5.74, 6) is 0. The molecule has 2 aromatic heterocycles. The van der Waals surface area contributed by atoms with Crippen LogP contribution in [-0.2, 0) is 16.2 Å². The molecule has 0 aliphatic heterocycles. The number of alkyl halides is 3. The van der Waals surface area contributed by atoms with Gasteiger partial charge in [0.1, 0.15) is 5.69 Å². The molecule has 26 heavy (non-hydrogen) atoms. The number of sulfonamides is 1. The van der Waals surface area contributed by atoms with Crippen LogP contribution in [0.5, 0.6) is 0 Å². The molecule has 1 N–H and O–H groups in total. The Hall–Kier alpha value is -2.81. The van der Waals surface area contributed by atoms with Gasteiger partial charge in [0.15, 0.2) is 0 Å². The molecule has 0 unspecified atom stereocenters. The summed E-state index contributed by atoms with van der Waals surface area (Å²) in [7, 11) is -4.20. The Morgan fingerprint density at radius 3 is 2.42 bits per heavy atom. The Bertz CT molecular complexity index is 1030. The van der Waals surface area contributed by atoms with Gasteiger partial charge in [0.2, 0.25) is 0 Å². The van der Waals surface area contributed by atoms with Crippen molar-refractivity contribution in [2.75, 3.05) is 4.72 Å². The smallest absolute Gasteiger partial charge is 0.324 e. The Morgan fingerprint density at radius 2 is 1.77 bits per heavy atom. The van der Waals surface area contributed by atoms with E-state index in [1.807, 2.05) is 18.2 Å². The van der Waals surface area contributed by atoms with Gasteiger partial charge in [-0.1, -0.05) is 0 Å². The molecule has 1 aromatic carbocycles. The number of hydrogen-bond donors (Lipinski definition) is 1. The fourth-order valence-electron chi connectivity index (χ4n) is 2.42. The lowest BCUT2D eigenvalue weighted by molar-refractivity contribution is -0.141. The van der Waals surface area contributed by atoms with Gasteiger partial charge >= 0.3 is 6.18 Å². The summed E-state index contributed by atoms with van der Waals surface area (Å²) in [6.07, 6.45) is -0.313. The van der Waals surface area contributed by atoms with Gasteiger partial charge in [-0.3, -0.25) is 9.71 Å². The van der Waals surface area contributed by atoms with Crippen LogP contribution in [0.4, 0.5) is 18.9 Å². The molecule has 2 heterocycles. The van der Waals surface area contributed by atoms with Crippen molar-refractivity contribution in [1.82, 2.24) is 9.55 Å². The molecule has 0 aliphatic rings. The molecule has 9 heteroatoms. The third-order valence-electron chi connectivity index (χ3n) is 3.55. The minimum Gasteiger partial charge on any atom is -0.324 e. The van der Waals surface area contributed by atoms with Crippen LogP contribution in [0, 0.1) is 6.92 Å². The van der Waals surface area contributed by atoms with Gasteiger partial charge in [0.05, 0.1) is 10.6 Å². The standard InChI is InChI=1S/C17H14F3N3O2S/c1-12-8-13(10-14(9-12)23-6-2-3-7-23)22-26(24,25)15-4-5-21-16(11-15)17(18,19)20/h2-11,22H,1H3. The van der Waals surface area contributed by atoms with Crippen LogP contribution in [-0.4, -0.2) is 18.0 Å². The van der Waals surface area contributed by atoms with E-state index >= 15 is 0 Å². The molecule has 0 saturated heterocycles. The minimum absolute atomic E-state index is 0.249. The van der Waals surface area contributed by atoms with Crippen LogP contribution in [0.3, 0.4) is 0 Å². The zero-order valence-electron chi connectivity index (χ0n) is 13.5. The molecule has 0 amide bonds. The second kappa shape index (κ2) is 6.49. The van der Waals surface area contributed by atoms with Gasteiger partial charge in [-0.05, 0) is 55.0 Å². The maximum atomic E-state index is 12.8. The van der Waals surface area contributed by atoms with Crippen LogP contribution in [0.25, 0.3) is 5.69 Å². The number of nitrogens with one attached hydrogen (secondary N) is 1. The third kappa shape index (κ3) is 3.88. The van der Waals surface area contributed by atoms with Crippen molar-refractivity contribution in [3.63, 3.8) is 0 Å². The van der Waals surface area contributed by atoms with E-state index in [0.29, 0.717) is 6.07 Å². The largest absolute Gasteiger partial charge is 0.433 e. The zero-order chi connectivity index (χ0) is 18.9. The average Bonchev–Trinajstić information content (AvgIpc) is 3.08. The average molecular weight is 381 g/mol. The molecule has 0 aliphatic carbocycles. The van der Waals surface area contributed by atoms with E-state index in [9.17, 15) is 21.6 Å². The quantitative estimate of drug-likeness (QED) is 0.743. The molecule has 0 bridgehead atoms. The van der Waals surface area contributed by atoms with E-state index in [0.717, 1.165) is 23.5 Å². The molecule has 0 radical (unpaired) electrons. The van der Waals surface area contributed by atoms with Gasteiger partial charge in [-0.2, -0.15) is 13.2 Å². The van der Waals surface area contributed by atoms with Crippen LogP contribution in [0.2, 0.25) is 0 Å². The summed E-state index contributed by atoms with van der Waals surface area (Å²) in [4.78, 5) is 2.66. The maximum absolute atomic E-state index is 12.8. The van der Waals surface area contributed by atoms with E-state index in [-0.39, 0.29) is 5.69 Å². The van der Waals surface area contributed by atoms with Gasteiger partial charge < -0.3 is 4.57 Å². The molecule has 3 aromatic rings. The number of anilines is 1. The second-order valence-corrected chi connectivity index (χ2v) is 7.31. The summed E-state index contributed by atoms with van der Waals surface area (Å²) in [6, 6.07) is 10.2. The number of hydrogen-bond acceptors (Lipinski definition) is 3. The molecular weight excluding hydrogens is 367 g/mol. The molecule has 0 fully saturated rings. The predicted octanol–water partition coefficient (Wildman–Crippen LogP) is 4.00. The highest BCUT2D eigenvalue weighted by Gasteiger charge is 2.33. The molecule has 136 valence electrons. The lowest BCUT2D eigenvalue weighted by atomic mass is 10.2. The highest BCUT2D eigenvalue weighted by atomic mass is 32.2. The van der Waals surface area contributed by atoms with Crippen LogP contribution >= 0.6 is 0 Å². The monoisotopic (exact) mass is 381 g/mol. The molecule has 5 nitrogen and oxygen atoms in total. The van der Waals surface area contributed by atoms with Crippen LogP contribution in [0.1, 0.15) is 11.3 Å². The fraction of sp³-hybridized carbons (Fsp3) is 0.118. The molecule has 0 spiro atoms. The van der Waals surface area contributed by atoms with Gasteiger partial charge in [-0.15, -0.1) is 0 Å². The van der Waals surface area contributed by atoms with Gasteiger partial charge in [0.25, 0.3) is 10.0 Å². The highest BCUT2D eigenvalue weighted by Crippen LogP contribution is 2.29. The first-order valence-corrected chi connectivity index (χ1v) is 8.94. The van der Waals surface area contributed by atoms with Gasteiger partial charge in [-0.25, -0.2) is 8.42 Å². The Balaban J connectivity index is 1.96. The number of benzene rings is 1. The SMILES string of the molecule is Cc1cc(NS(=O)(=O)c2ccnc(C(F)(F)F)c2)cc(-n2cccc2)c1. The van der Waals surface area contributed by atoms with Crippen molar-refractivity contribution in [3.05, 3.63) is 72.3 Å². The first kappa shape index (κ1) is 18.0. The third-order valence-corrected chi connectivity index (χ3v) is 4.93. The number of aryl methyl sites for hydroxylation is 1. The van der Waals surface area contributed by atoms with Gasteiger partial charge in [0, 0.05) is 24.3 Å². The lowest BCUT2D eigenvalue weighted by Gasteiger charge is -2.13. The van der Waals surface area contributed by atoms with Crippen molar-refractivity contribution in [2.24, 2.45) is 0 Å². The van der Waals surface area contributed by atoms with Crippen molar-refractivity contribution in [1.29, 1.82) is 0 Å². The summed E-state index contributed by atoms with van der Waals surface area (Å²) in [6.45, 7) is 1.79. The first-order valence-electron chi connectivity index (χ1n) is 7.46. The normalized spacial score (nSPS) is 12.2. The predicted molar refractivity (Wildman–Crippen MR) is 90.6 cm³/mol. The van der Waals surface area contributed by atoms with E-state index < -0.39 is 26.8 Å².